The number of carbonyl (C=O) groups is 2. The van der Waals surface area contributed by atoms with Gasteiger partial charge in [-0.3, -0.25) is 9.59 Å². The van der Waals surface area contributed by atoms with E-state index in [2.05, 4.69) is 52.0 Å². The van der Waals surface area contributed by atoms with Gasteiger partial charge in [-0.05, 0) is 116 Å². The SMILES string of the molecule is Cc1ccccc1C(=O)NC1=NC(=Cc2[nH]c(NC(=O)c3ccccc3C)c(-c3nc4ccccc4s3)c2C2CCCCC2)C(C2CCCCC2)=C1c1nc2ccccc2s1. The molecule has 2 fully saturated rings. The number of H-pyrrole nitrogens is 1. The molecule has 2 amide bonds. The highest BCUT2D eigenvalue weighted by atomic mass is 32.1. The Hall–Kier alpha value is -5.97. The summed E-state index contributed by atoms with van der Waals surface area (Å²) in [5, 5.41) is 8.38. The summed E-state index contributed by atoms with van der Waals surface area (Å²) < 4.78 is 2.19. The van der Waals surface area contributed by atoms with Gasteiger partial charge in [0.2, 0.25) is 0 Å². The molecule has 7 aromatic rings. The van der Waals surface area contributed by atoms with Gasteiger partial charge in [-0.25, -0.2) is 15.0 Å². The summed E-state index contributed by atoms with van der Waals surface area (Å²) in [4.78, 5) is 48.1. The Kier molecular flexibility index (Phi) is 10.8. The van der Waals surface area contributed by atoms with Crippen LogP contribution >= 0.6 is 22.7 Å². The van der Waals surface area contributed by atoms with Gasteiger partial charge in [0.25, 0.3) is 11.8 Å². The first-order chi connectivity index (χ1) is 29.9. The number of allylic oxidation sites excluding steroid dienone is 1. The Bertz CT molecular complexity index is 2850. The number of hydrogen-bond donors (Lipinski definition) is 3. The molecule has 4 aromatic carbocycles. The molecule has 0 bridgehead atoms. The van der Waals surface area contributed by atoms with E-state index in [0.29, 0.717) is 22.8 Å². The number of anilines is 1. The lowest BCUT2D eigenvalue weighted by Crippen LogP contribution is -2.31. The van der Waals surface area contributed by atoms with Crippen LogP contribution in [0, 0.1) is 19.8 Å². The predicted octanol–water partition coefficient (Wildman–Crippen LogP) is 13.0. The van der Waals surface area contributed by atoms with Crippen LogP contribution < -0.4 is 10.6 Å². The average molecular weight is 841 g/mol. The first kappa shape index (κ1) is 39.2. The molecular formula is C51H48N6O2S2. The standard InChI is InChI=1S/C51H48N6O2S2/c1-30-17-9-11-23-34(30)48(58)56-46-44(50-54-36-25-13-15-27-40(36)60-50)42(32-19-5-3-6-20-32)38(52-46)29-39-43(33-21-7-4-8-22-33)45(51-55-37-26-14-16-28-41(37)61-51)47(53-39)57-49(59)35-24-12-10-18-31(35)2/h9-18,23-29,32-33,52H,3-8,19-22H2,1-2H3,(H,56,58)(H,53,57,59). The van der Waals surface area contributed by atoms with Gasteiger partial charge in [0.1, 0.15) is 21.7 Å². The van der Waals surface area contributed by atoms with Gasteiger partial charge in [0.15, 0.2) is 0 Å². The minimum Gasteiger partial charge on any atom is -0.341 e. The number of amidine groups is 1. The fourth-order valence-corrected chi connectivity index (χ4v) is 11.7. The van der Waals surface area contributed by atoms with Gasteiger partial charge in [0.05, 0.1) is 37.3 Å². The smallest absolute Gasteiger partial charge is 0.257 e. The van der Waals surface area contributed by atoms with E-state index in [4.69, 9.17) is 15.0 Å². The van der Waals surface area contributed by atoms with Crippen LogP contribution in [0.15, 0.2) is 113 Å². The number of carbonyl (C=O) groups excluding carboxylic acids is 2. The number of aliphatic imine (C=N–C) groups is 1. The number of nitrogens with zero attached hydrogens (tertiary/aromatic N) is 3. The molecule has 2 aliphatic carbocycles. The number of aromatic amines is 1. The van der Waals surface area contributed by atoms with Gasteiger partial charge in [-0.1, -0.05) is 99.2 Å². The largest absolute Gasteiger partial charge is 0.341 e. The van der Waals surface area contributed by atoms with Crippen LogP contribution in [0.4, 0.5) is 5.82 Å². The van der Waals surface area contributed by atoms with Crippen LogP contribution in [0.3, 0.4) is 0 Å². The molecule has 3 N–H and O–H groups in total. The maximum Gasteiger partial charge on any atom is 0.257 e. The van der Waals surface area contributed by atoms with Gasteiger partial charge >= 0.3 is 0 Å². The number of nitrogens with one attached hydrogen (secondary N) is 3. The van der Waals surface area contributed by atoms with Crippen molar-refractivity contribution in [2.45, 2.75) is 84.0 Å². The van der Waals surface area contributed by atoms with E-state index in [1.807, 2.05) is 80.6 Å². The molecule has 306 valence electrons. The van der Waals surface area contributed by atoms with E-state index in [1.165, 1.54) is 18.4 Å². The average Bonchev–Trinajstić information content (AvgIpc) is 4.07. The highest BCUT2D eigenvalue weighted by molar-refractivity contribution is 7.21. The van der Waals surface area contributed by atoms with Gasteiger partial charge < -0.3 is 15.6 Å². The van der Waals surface area contributed by atoms with Crippen molar-refractivity contribution in [2.24, 2.45) is 10.9 Å². The lowest BCUT2D eigenvalue weighted by molar-refractivity contribution is 0.0975. The summed E-state index contributed by atoms with van der Waals surface area (Å²) in [6.45, 7) is 3.93. The zero-order valence-corrected chi connectivity index (χ0v) is 36.1. The number of rotatable bonds is 8. The number of aromatic nitrogens is 3. The van der Waals surface area contributed by atoms with Crippen LogP contribution in [-0.2, 0) is 0 Å². The van der Waals surface area contributed by atoms with Crippen LogP contribution in [0.5, 0.6) is 0 Å². The van der Waals surface area contributed by atoms with Crippen molar-refractivity contribution in [3.63, 3.8) is 0 Å². The molecule has 0 atom stereocenters. The fraction of sp³-hybridized carbons (Fsp3) is 0.275. The highest BCUT2D eigenvalue weighted by Gasteiger charge is 2.36. The Morgan fingerprint density at radius 3 is 1.77 bits per heavy atom. The molecule has 0 saturated heterocycles. The minimum atomic E-state index is -0.193. The Morgan fingerprint density at radius 1 is 0.639 bits per heavy atom. The number of amides is 2. The van der Waals surface area contributed by atoms with E-state index in [1.54, 1.807) is 22.7 Å². The number of benzene rings is 4. The molecule has 8 nitrogen and oxygen atoms in total. The summed E-state index contributed by atoms with van der Waals surface area (Å²) in [5.74, 6) is 1.29. The second-order valence-corrected chi connectivity index (χ2v) is 18.7. The minimum absolute atomic E-state index is 0.169. The summed E-state index contributed by atoms with van der Waals surface area (Å²) in [6.07, 6.45) is 13.3. The fourth-order valence-electron chi connectivity index (χ4n) is 9.60. The molecule has 3 aliphatic rings. The van der Waals surface area contributed by atoms with Crippen LogP contribution in [-0.4, -0.2) is 32.6 Å². The summed E-state index contributed by atoms with van der Waals surface area (Å²) in [5.41, 5.74) is 10.8. The summed E-state index contributed by atoms with van der Waals surface area (Å²) >= 11 is 3.31. The lowest BCUT2D eigenvalue weighted by atomic mass is 9.80. The van der Waals surface area contributed by atoms with Gasteiger partial charge in [-0.15, -0.1) is 22.7 Å². The zero-order chi connectivity index (χ0) is 41.5. The Morgan fingerprint density at radius 2 is 1.16 bits per heavy atom. The number of hydrogen-bond acceptors (Lipinski definition) is 7. The van der Waals surface area contributed by atoms with E-state index in [0.717, 1.165) is 121 Å². The molecule has 3 aromatic heterocycles. The van der Waals surface area contributed by atoms with E-state index in [-0.39, 0.29) is 23.7 Å². The molecule has 2 saturated carbocycles. The lowest BCUT2D eigenvalue weighted by Gasteiger charge is -2.25. The number of aryl methyl sites for hydroxylation is 2. The Balaban J connectivity index is 1.20. The molecule has 4 heterocycles. The van der Waals surface area contributed by atoms with Gasteiger partial charge in [0, 0.05) is 16.8 Å². The number of fused-ring (bicyclic) bond motifs is 2. The summed E-state index contributed by atoms with van der Waals surface area (Å²) in [7, 11) is 0. The van der Waals surface area contributed by atoms with Crippen molar-refractivity contribution in [2.75, 3.05) is 5.32 Å². The first-order valence-corrected chi connectivity index (χ1v) is 23.3. The maximum absolute atomic E-state index is 14.2. The normalized spacial score (nSPS) is 17.1. The molecular weight excluding hydrogens is 793 g/mol. The topological polar surface area (TPSA) is 112 Å². The maximum atomic E-state index is 14.2. The van der Waals surface area contributed by atoms with Crippen molar-refractivity contribution < 1.29 is 9.59 Å². The monoisotopic (exact) mass is 840 g/mol. The predicted molar refractivity (Wildman–Crippen MR) is 252 cm³/mol. The van der Waals surface area contributed by atoms with Crippen LogP contribution in [0.25, 0.3) is 42.7 Å². The third kappa shape index (κ3) is 7.68. The summed E-state index contributed by atoms with van der Waals surface area (Å²) in [6, 6.07) is 31.9. The quantitative estimate of drug-likeness (QED) is 0.141. The molecule has 61 heavy (non-hydrogen) atoms. The molecule has 1 aliphatic heterocycles. The molecule has 10 heteroatoms. The highest BCUT2D eigenvalue weighted by Crippen LogP contribution is 2.49. The second-order valence-electron chi connectivity index (χ2n) is 16.7. The van der Waals surface area contributed by atoms with Crippen molar-refractivity contribution in [1.82, 2.24) is 20.3 Å². The Labute approximate surface area is 364 Å². The third-order valence-electron chi connectivity index (χ3n) is 12.7. The van der Waals surface area contributed by atoms with Crippen molar-refractivity contribution in [1.29, 1.82) is 0 Å². The number of thiazole rings is 2. The molecule has 0 radical (unpaired) electrons. The number of para-hydroxylation sites is 2. The molecule has 0 spiro atoms. The van der Waals surface area contributed by atoms with Crippen molar-refractivity contribution >= 4 is 78.2 Å². The van der Waals surface area contributed by atoms with Crippen molar-refractivity contribution in [3.05, 3.63) is 147 Å². The molecule has 0 unspecified atom stereocenters. The van der Waals surface area contributed by atoms with E-state index >= 15 is 0 Å². The third-order valence-corrected chi connectivity index (χ3v) is 14.8. The van der Waals surface area contributed by atoms with Crippen LogP contribution in [0.2, 0.25) is 0 Å². The van der Waals surface area contributed by atoms with Crippen molar-refractivity contribution in [3.8, 4) is 10.6 Å². The first-order valence-electron chi connectivity index (χ1n) is 21.7. The molecule has 10 rings (SSSR count). The zero-order valence-electron chi connectivity index (χ0n) is 34.5. The van der Waals surface area contributed by atoms with E-state index in [9.17, 15) is 9.59 Å². The van der Waals surface area contributed by atoms with E-state index < -0.39 is 0 Å². The van der Waals surface area contributed by atoms with Gasteiger partial charge in [-0.2, -0.15) is 0 Å². The second kappa shape index (κ2) is 16.8. The van der Waals surface area contributed by atoms with Crippen LogP contribution in [0.1, 0.15) is 118 Å².